The molecular weight excluding hydrogens is 328 g/mol. The van der Waals surface area contributed by atoms with E-state index in [0.29, 0.717) is 12.2 Å². The molecule has 1 aliphatic rings. The summed E-state index contributed by atoms with van der Waals surface area (Å²) in [5, 5.41) is 8.23. The monoisotopic (exact) mass is 356 g/mol. The number of carbonyl (C=O) groups excluding carboxylic acids is 1. The molecule has 6 nitrogen and oxygen atoms in total. The van der Waals surface area contributed by atoms with Gasteiger partial charge in [-0.2, -0.15) is 0 Å². The molecule has 0 saturated carbocycles. The molecule has 1 fully saturated rings. The molecule has 140 valence electrons. The molecule has 0 unspecified atom stereocenters. The highest BCUT2D eigenvalue weighted by molar-refractivity contribution is 5.91. The SMILES string of the molecule is CCCN(C[C@H]1CCCO1)C(=O)c1cn(CCCc2ccccc2)nn1. The van der Waals surface area contributed by atoms with Gasteiger partial charge in [-0.1, -0.05) is 42.5 Å². The molecule has 1 atom stereocenters. The highest BCUT2D eigenvalue weighted by atomic mass is 16.5. The number of aryl methyl sites for hydroxylation is 2. The number of hydrogen-bond acceptors (Lipinski definition) is 4. The highest BCUT2D eigenvalue weighted by Crippen LogP contribution is 2.15. The molecular formula is C20H28N4O2. The fraction of sp³-hybridized carbons (Fsp3) is 0.550. The van der Waals surface area contributed by atoms with Gasteiger partial charge in [-0.25, -0.2) is 0 Å². The van der Waals surface area contributed by atoms with Gasteiger partial charge in [0.15, 0.2) is 5.69 Å². The largest absolute Gasteiger partial charge is 0.376 e. The third kappa shape index (κ3) is 5.14. The molecule has 0 aliphatic carbocycles. The van der Waals surface area contributed by atoms with Gasteiger partial charge in [-0.05, 0) is 37.7 Å². The fourth-order valence-corrected chi connectivity index (χ4v) is 3.34. The van der Waals surface area contributed by atoms with Gasteiger partial charge in [0, 0.05) is 26.2 Å². The number of amides is 1. The van der Waals surface area contributed by atoms with Crippen molar-refractivity contribution in [1.29, 1.82) is 0 Å². The lowest BCUT2D eigenvalue weighted by Crippen LogP contribution is -2.38. The average molecular weight is 356 g/mol. The van der Waals surface area contributed by atoms with Crippen molar-refractivity contribution in [3.63, 3.8) is 0 Å². The van der Waals surface area contributed by atoms with E-state index in [1.54, 1.807) is 10.9 Å². The van der Waals surface area contributed by atoms with Crippen LogP contribution in [-0.2, 0) is 17.7 Å². The van der Waals surface area contributed by atoms with E-state index in [2.05, 4.69) is 41.5 Å². The van der Waals surface area contributed by atoms with Crippen LogP contribution in [0.4, 0.5) is 0 Å². The molecule has 3 rings (SSSR count). The van der Waals surface area contributed by atoms with Crippen molar-refractivity contribution < 1.29 is 9.53 Å². The Morgan fingerprint density at radius 1 is 1.35 bits per heavy atom. The van der Waals surface area contributed by atoms with Gasteiger partial charge in [-0.3, -0.25) is 9.48 Å². The Morgan fingerprint density at radius 3 is 2.92 bits per heavy atom. The number of rotatable bonds is 9. The Hall–Kier alpha value is -2.21. The molecule has 0 spiro atoms. The van der Waals surface area contributed by atoms with Crippen molar-refractivity contribution in [2.24, 2.45) is 0 Å². The topological polar surface area (TPSA) is 60.2 Å². The standard InChI is InChI=1S/C20H28N4O2/c1-2-12-23(15-18-11-7-14-26-18)20(25)19-16-24(22-21-19)13-6-10-17-8-4-3-5-9-17/h3-5,8-9,16,18H,2,6-7,10-15H2,1H3/t18-/m1/s1. The number of aromatic nitrogens is 3. The lowest BCUT2D eigenvalue weighted by molar-refractivity contribution is 0.0522. The van der Waals surface area contributed by atoms with Crippen LogP contribution in [-0.4, -0.2) is 51.6 Å². The number of benzene rings is 1. The lowest BCUT2D eigenvalue weighted by atomic mass is 10.1. The van der Waals surface area contributed by atoms with Crippen LogP contribution in [0.1, 0.15) is 48.7 Å². The average Bonchev–Trinajstić information content (AvgIpc) is 3.34. The molecule has 1 aromatic heterocycles. The predicted octanol–water partition coefficient (Wildman–Crippen LogP) is 2.94. The molecule has 0 bridgehead atoms. The minimum absolute atomic E-state index is 0.0448. The van der Waals surface area contributed by atoms with Gasteiger partial charge in [0.05, 0.1) is 12.3 Å². The van der Waals surface area contributed by atoms with Crippen molar-refractivity contribution in [3.05, 3.63) is 47.8 Å². The summed E-state index contributed by atoms with van der Waals surface area (Å²) in [5.74, 6) is -0.0448. The number of nitrogens with zero attached hydrogens (tertiary/aromatic N) is 4. The Bertz CT molecular complexity index is 680. The van der Waals surface area contributed by atoms with Crippen LogP contribution in [0.15, 0.2) is 36.5 Å². The van der Waals surface area contributed by atoms with Crippen molar-refractivity contribution in [2.45, 2.75) is 51.7 Å². The fourth-order valence-electron chi connectivity index (χ4n) is 3.34. The van der Waals surface area contributed by atoms with Gasteiger partial charge in [0.1, 0.15) is 0 Å². The van der Waals surface area contributed by atoms with Crippen LogP contribution >= 0.6 is 0 Å². The van der Waals surface area contributed by atoms with E-state index in [1.807, 2.05) is 11.0 Å². The van der Waals surface area contributed by atoms with Crippen molar-refractivity contribution in [1.82, 2.24) is 19.9 Å². The van der Waals surface area contributed by atoms with Crippen LogP contribution in [0.2, 0.25) is 0 Å². The van der Waals surface area contributed by atoms with E-state index in [-0.39, 0.29) is 12.0 Å². The summed E-state index contributed by atoms with van der Waals surface area (Å²) < 4.78 is 7.45. The first kappa shape index (κ1) is 18.6. The molecule has 2 heterocycles. The summed E-state index contributed by atoms with van der Waals surface area (Å²) in [6, 6.07) is 10.4. The minimum atomic E-state index is -0.0448. The van der Waals surface area contributed by atoms with Crippen LogP contribution in [0.5, 0.6) is 0 Å². The van der Waals surface area contributed by atoms with Crippen LogP contribution in [0.25, 0.3) is 0 Å². The molecule has 6 heteroatoms. The third-order valence-electron chi connectivity index (χ3n) is 4.68. The summed E-state index contributed by atoms with van der Waals surface area (Å²) >= 11 is 0. The number of hydrogen-bond donors (Lipinski definition) is 0. The predicted molar refractivity (Wildman–Crippen MR) is 100.0 cm³/mol. The summed E-state index contributed by atoms with van der Waals surface area (Å²) in [4.78, 5) is 14.6. The maximum absolute atomic E-state index is 12.8. The Morgan fingerprint density at radius 2 is 2.19 bits per heavy atom. The Kier molecular flexibility index (Phi) is 6.77. The van der Waals surface area contributed by atoms with Gasteiger partial charge in [-0.15, -0.1) is 5.10 Å². The smallest absolute Gasteiger partial charge is 0.276 e. The molecule has 26 heavy (non-hydrogen) atoms. The molecule has 2 aromatic rings. The Labute approximate surface area is 155 Å². The molecule has 0 radical (unpaired) electrons. The van der Waals surface area contributed by atoms with Crippen molar-refractivity contribution in [3.8, 4) is 0 Å². The normalized spacial score (nSPS) is 16.7. The van der Waals surface area contributed by atoms with Gasteiger partial charge in [0.25, 0.3) is 5.91 Å². The van der Waals surface area contributed by atoms with Crippen molar-refractivity contribution in [2.75, 3.05) is 19.7 Å². The molecule has 1 aromatic carbocycles. The molecule has 1 saturated heterocycles. The van der Waals surface area contributed by atoms with E-state index in [9.17, 15) is 4.79 Å². The summed E-state index contributed by atoms with van der Waals surface area (Å²) in [6.07, 6.45) is 6.91. The zero-order valence-electron chi connectivity index (χ0n) is 15.5. The van der Waals surface area contributed by atoms with Gasteiger partial charge >= 0.3 is 0 Å². The minimum Gasteiger partial charge on any atom is -0.376 e. The maximum Gasteiger partial charge on any atom is 0.276 e. The summed E-state index contributed by atoms with van der Waals surface area (Å²) in [6.45, 7) is 5.01. The highest BCUT2D eigenvalue weighted by Gasteiger charge is 2.24. The quantitative estimate of drug-likeness (QED) is 0.693. The van der Waals surface area contributed by atoms with E-state index in [0.717, 1.165) is 51.8 Å². The second-order valence-corrected chi connectivity index (χ2v) is 6.84. The second-order valence-electron chi connectivity index (χ2n) is 6.84. The van der Waals surface area contributed by atoms with Crippen LogP contribution in [0, 0.1) is 0 Å². The summed E-state index contributed by atoms with van der Waals surface area (Å²) in [7, 11) is 0. The van der Waals surface area contributed by atoms with Crippen LogP contribution in [0.3, 0.4) is 0 Å². The molecule has 1 aliphatic heterocycles. The van der Waals surface area contributed by atoms with Crippen LogP contribution < -0.4 is 0 Å². The zero-order valence-corrected chi connectivity index (χ0v) is 15.5. The lowest BCUT2D eigenvalue weighted by Gasteiger charge is -2.24. The Balaban J connectivity index is 1.53. The number of ether oxygens (including phenoxy) is 1. The van der Waals surface area contributed by atoms with E-state index in [1.165, 1.54) is 5.56 Å². The second kappa shape index (κ2) is 9.48. The van der Waals surface area contributed by atoms with E-state index < -0.39 is 0 Å². The first-order valence-corrected chi connectivity index (χ1v) is 9.61. The van der Waals surface area contributed by atoms with E-state index in [4.69, 9.17) is 4.74 Å². The maximum atomic E-state index is 12.8. The number of carbonyl (C=O) groups is 1. The first-order chi connectivity index (χ1) is 12.8. The molecule has 0 N–H and O–H groups in total. The summed E-state index contributed by atoms with van der Waals surface area (Å²) in [5.41, 5.74) is 1.74. The first-order valence-electron chi connectivity index (χ1n) is 9.61. The van der Waals surface area contributed by atoms with Gasteiger partial charge < -0.3 is 9.64 Å². The van der Waals surface area contributed by atoms with E-state index >= 15 is 0 Å². The zero-order chi connectivity index (χ0) is 18.2. The molecule has 1 amide bonds. The third-order valence-corrected chi connectivity index (χ3v) is 4.68. The van der Waals surface area contributed by atoms with Crippen molar-refractivity contribution >= 4 is 5.91 Å². The van der Waals surface area contributed by atoms with Gasteiger partial charge in [0.2, 0.25) is 0 Å².